The molecule has 0 aliphatic heterocycles. The maximum absolute atomic E-state index is 14.8. The zero-order valence-corrected chi connectivity index (χ0v) is 15.7. The highest BCUT2D eigenvalue weighted by atomic mass is 19.2. The van der Waals surface area contributed by atoms with E-state index in [2.05, 4.69) is 6.92 Å². The third kappa shape index (κ3) is 3.92. The molecule has 1 aliphatic carbocycles. The summed E-state index contributed by atoms with van der Waals surface area (Å²) < 4.78 is 35.1. The standard InChI is InChI=1S/C23H28F2O/c1-3-8-16-11-13-18(14-12-16)20-15-19(17-9-6-5-7-10-17)21(24)22(25)23(20)26-4-2/h5-7,9-10,15-16,18H,3-4,8,11-14H2,1-2H3. The van der Waals surface area contributed by atoms with E-state index in [-0.39, 0.29) is 11.7 Å². The van der Waals surface area contributed by atoms with Crippen LogP contribution >= 0.6 is 0 Å². The largest absolute Gasteiger partial charge is 0.490 e. The lowest BCUT2D eigenvalue weighted by molar-refractivity contribution is 0.283. The fraction of sp³-hybridized carbons (Fsp3) is 0.478. The van der Waals surface area contributed by atoms with Crippen molar-refractivity contribution in [1.82, 2.24) is 0 Å². The first-order chi connectivity index (χ1) is 12.7. The fourth-order valence-electron chi connectivity index (χ4n) is 4.22. The van der Waals surface area contributed by atoms with Gasteiger partial charge in [-0.3, -0.25) is 0 Å². The first-order valence-electron chi connectivity index (χ1n) is 9.85. The Kier molecular flexibility index (Phi) is 6.29. The molecule has 1 nitrogen and oxygen atoms in total. The molecule has 0 unspecified atom stereocenters. The lowest BCUT2D eigenvalue weighted by Crippen LogP contribution is -2.15. The van der Waals surface area contributed by atoms with Gasteiger partial charge in [0.05, 0.1) is 6.61 Å². The zero-order chi connectivity index (χ0) is 18.5. The molecule has 0 amide bonds. The molecule has 0 radical (unpaired) electrons. The van der Waals surface area contributed by atoms with Gasteiger partial charge in [0, 0.05) is 11.1 Å². The van der Waals surface area contributed by atoms with E-state index in [0.29, 0.717) is 17.7 Å². The number of hydrogen-bond donors (Lipinski definition) is 0. The van der Waals surface area contributed by atoms with Gasteiger partial charge in [-0.2, -0.15) is 4.39 Å². The van der Waals surface area contributed by atoms with E-state index in [1.807, 2.05) is 43.3 Å². The highest BCUT2D eigenvalue weighted by Crippen LogP contribution is 2.44. The number of benzene rings is 2. The highest BCUT2D eigenvalue weighted by Gasteiger charge is 2.28. The molecule has 0 heterocycles. The first kappa shape index (κ1) is 18.9. The van der Waals surface area contributed by atoms with Gasteiger partial charge >= 0.3 is 0 Å². The van der Waals surface area contributed by atoms with Crippen LogP contribution in [0.1, 0.15) is 63.9 Å². The van der Waals surface area contributed by atoms with Gasteiger partial charge in [-0.1, -0.05) is 50.1 Å². The molecule has 1 fully saturated rings. The summed E-state index contributed by atoms with van der Waals surface area (Å²) in [5.41, 5.74) is 1.87. The number of rotatable bonds is 6. The van der Waals surface area contributed by atoms with Crippen LogP contribution in [-0.2, 0) is 0 Å². The van der Waals surface area contributed by atoms with Gasteiger partial charge in [-0.05, 0) is 56.1 Å². The summed E-state index contributed by atoms with van der Waals surface area (Å²) in [6, 6.07) is 11.0. The van der Waals surface area contributed by atoms with Crippen molar-refractivity contribution in [3.8, 4) is 16.9 Å². The van der Waals surface area contributed by atoms with Gasteiger partial charge in [0.1, 0.15) is 0 Å². The van der Waals surface area contributed by atoms with Crippen LogP contribution in [0.4, 0.5) is 8.78 Å². The van der Waals surface area contributed by atoms with E-state index in [1.165, 1.54) is 12.8 Å². The lowest BCUT2D eigenvalue weighted by Gasteiger charge is -2.30. The number of ether oxygens (including phenoxy) is 1. The van der Waals surface area contributed by atoms with Crippen molar-refractivity contribution in [2.75, 3.05) is 6.61 Å². The van der Waals surface area contributed by atoms with Crippen LogP contribution in [0.5, 0.6) is 5.75 Å². The van der Waals surface area contributed by atoms with Crippen LogP contribution in [0.15, 0.2) is 36.4 Å². The quantitative estimate of drug-likeness (QED) is 0.535. The molecule has 0 atom stereocenters. The van der Waals surface area contributed by atoms with Gasteiger partial charge in [-0.15, -0.1) is 0 Å². The molecule has 140 valence electrons. The Morgan fingerprint density at radius 2 is 1.65 bits per heavy atom. The Balaban J connectivity index is 1.99. The molecule has 3 rings (SSSR count). The second-order valence-corrected chi connectivity index (χ2v) is 7.28. The SMILES string of the molecule is CCCC1CCC(c2cc(-c3ccccc3)c(F)c(F)c2OCC)CC1. The lowest BCUT2D eigenvalue weighted by atomic mass is 9.76. The molecule has 2 aromatic carbocycles. The van der Waals surface area contributed by atoms with Crippen molar-refractivity contribution in [3.63, 3.8) is 0 Å². The van der Waals surface area contributed by atoms with Crippen molar-refractivity contribution < 1.29 is 13.5 Å². The molecule has 0 saturated heterocycles. The van der Waals surface area contributed by atoms with E-state index in [9.17, 15) is 8.78 Å². The average molecular weight is 358 g/mol. The molecule has 1 aliphatic rings. The minimum atomic E-state index is -0.848. The molecule has 0 aromatic heterocycles. The van der Waals surface area contributed by atoms with Crippen LogP contribution < -0.4 is 4.74 Å². The molecule has 26 heavy (non-hydrogen) atoms. The molecule has 0 bridgehead atoms. The summed E-state index contributed by atoms with van der Waals surface area (Å²) in [7, 11) is 0. The summed E-state index contributed by atoms with van der Waals surface area (Å²) in [5, 5.41) is 0. The molecule has 2 aromatic rings. The molecular weight excluding hydrogens is 330 g/mol. The second kappa shape index (κ2) is 8.66. The fourth-order valence-corrected chi connectivity index (χ4v) is 4.22. The van der Waals surface area contributed by atoms with Crippen molar-refractivity contribution >= 4 is 0 Å². The van der Waals surface area contributed by atoms with Gasteiger partial charge in [0.15, 0.2) is 11.6 Å². The van der Waals surface area contributed by atoms with Gasteiger partial charge < -0.3 is 4.74 Å². The van der Waals surface area contributed by atoms with E-state index in [0.717, 1.165) is 37.2 Å². The van der Waals surface area contributed by atoms with Crippen molar-refractivity contribution in [2.45, 2.75) is 58.3 Å². The van der Waals surface area contributed by atoms with Crippen molar-refractivity contribution in [2.24, 2.45) is 5.92 Å². The third-order valence-electron chi connectivity index (χ3n) is 5.55. The Hall–Kier alpha value is -1.90. The summed E-state index contributed by atoms with van der Waals surface area (Å²) in [6.07, 6.45) is 6.82. The molecule has 0 N–H and O–H groups in total. The van der Waals surface area contributed by atoms with E-state index < -0.39 is 11.6 Å². The Morgan fingerprint density at radius 1 is 0.962 bits per heavy atom. The monoisotopic (exact) mass is 358 g/mol. The van der Waals surface area contributed by atoms with Crippen molar-refractivity contribution in [1.29, 1.82) is 0 Å². The average Bonchev–Trinajstić information content (AvgIpc) is 2.68. The van der Waals surface area contributed by atoms with Crippen molar-refractivity contribution in [3.05, 3.63) is 53.6 Å². The Morgan fingerprint density at radius 3 is 2.27 bits per heavy atom. The highest BCUT2D eigenvalue weighted by molar-refractivity contribution is 5.67. The summed E-state index contributed by atoms with van der Waals surface area (Å²) in [4.78, 5) is 0. The van der Waals surface area contributed by atoms with E-state index in [1.54, 1.807) is 0 Å². The van der Waals surface area contributed by atoms with Gasteiger partial charge in [0.2, 0.25) is 5.82 Å². The maximum Gasteiger partial charge on any atom is 0.201 e. The summed E-state index contributed by atoms with van der Waals surface area (Å²) in [6.45, 7) is 4.37. The minimum Gasteiger partial charge on any atom is -0.490 e. The third-order valence-corrected chi connectivity index (χ3v) is 5.55. The number of halogens is 2. The minimum absolute atomic E-state index is 0.114. The molecular formula is C23H28F2O. The van der Waals surface area contributed by atoms with Crippen LogP contribution in [0.2, 0.25) is 0 Å². The topological polar surface area (TPSA) is 9.23 Å². The maximum atomic E-state index is 14.8. The molecule has 1 saturated carbocycles. The van der Waals surface area contributed by atoms with Crippen LogP contribution in [0, 0.1) is 17.6 Å². The Bertz CT molecular complexity index is 719. The van der Waals surface area contributed by atoms with Crippen LogP contribution in [0.25, 0.3) is 11.1 Å². The predicted octanol–water partition coefficient (Wildman–Crippen LogP) is 7.10. The normalized spacial score (nSPS) is 20.2. The van der Waals surface area contributed by atoms with E-state index in [4.69, 9.17) is 4.74 Å². The molecule has 0 spiro atoms. The van der Waals surface area contributed by atoms with Crippen LogP contribution in [0.3, 0.4) is 0 Å². The first-order valence-corrected chi connectivity index (χ1v) is 9.85. The smallest absolute Gasteiger partial charge is 0.201 e. The predicted molar refractivity (Wildman–Crippen MR) is 103 cm³/mol. The zero-order valence-electron chi connectivity index (χ0n) is 15.7. The van der Waals surface area contributed by atoms with Gasteiger partial charge in [-0.25, -0.2) is 4.39 Å². The summed E-state index contributed by atoms with van der Waals surface area (Å²) in [5.74, 6) is -0.543. The second-order valence-electron chi connectivity index (χ2n) is 7.28. The van der Waals surface area contributed by atoms with Gasteiger partial charge in [0.25, 0.3) is 0 Å². The number of hydrogen-bond acceptors (Lipinski definition) is 1. The summed E-state index contributed by atoms with van der Waals surface area (Å²) >= 11 is 0. The van der Waals surface area contributed by atoms with Crippen LogP contribution in [-0.4, -0.2) is 6.61 Å². The molecule has 3 heteroatoms. The Labute approximate surface area is 155 Å². The van der Waals surface area contributed by atoms with E-state index >= 15 is 0 Å².